The van der Waals surface area contributed by atoms with Crippen molar-refractivity contribution in [2.45, 2.75) is 39.2 Å². The first kappa shape index (κ1) is 19.1. The lowest BCUT2D eigenvalue weighted by Crippen LogP contribution is -2.31. The predicted molar refractivity (Wildman–Crippen MR) is 88.5 cm³/mol. The van der Waals surface area contributed by atoms with Gasteiger partial charge in [0.25, 0.3) is 0 Å². The third-order valence-electron chi connectivity index (χ3n) is 2.92. The van der Waals surface area contributed by atoms with Crippen LogP contribution in [0.1, 0.15) is 32.3 Å². The summed E-state index contributed by atoms with van der Waals surface area (Å²) in [6, 6.07) is 7.14. The van der Waals surface area contributed by atoms with Gasteiger partial charge in [0.05, 0.1) is 6.42 Å². The molecule has 6 heteroatoms. The maximum absolute atomic E-state index is 12.0. The summed E-state index contributed by atoms with van der Waals surface area (Å²) in [5, 5.41) is 0. The van der Waals surface area contributed by atoms with E-state index in [2.05, 4.69) is 22.5 Å². The summed E-state index contributed by atoms with van der Waals surface area (Å²) in [7, 11) is 0. The summed E-state index contributed by atoms with van der Waals surface area (Å²) >= 11 is 3.32. The van der Waals surface area contributed by atoms with Gasteiger partial charge in [0.2, 0.25) is 0 Å². The van der Waals surface area contributed by atoms with E-state index in [1.54, 1.807) is 18.2 Å². The van der Waals surface area contributed by atoms with Crippen molar-refractivity contribution < 1.29 is 23.9 Å². The van der Waals surface area contributed by atoms with Gasteiger partial charge in [-0.25, -0.2) is 9.59 Å². The Kier molecular flexibility index (Phi) is 7.68. The first-order chi connectivity index (χ1) is 10.8. The van der Waals surface area contributed by atoms with E-state index in [1.807, 2.05) is 13.0 Å². The van der Waals surface area contributed by atoms with Gasteiger partial charge in [0.1, 0.15) is 0 Å². The second kappa shape index (κ2) is 9.25. The molecule has 1 rings (SSSR count). The number of esters is 3. The molecular formula is C17H19BrO5. The van der Waals surface area contributed by atoms with E-state index in [1.165, 1.54) is 6.92 Å². The standard InChI is InChI=1S/C17H19BrO5/c1-4-7-14(22-16(20)11(2)3)17(21)23-15(19)10-12-8-5-6-9-13(12)18/h5-6,8-9,14H,2,4,7,10H2,1,3H3. The topological polar surface area (TPSA) is 69.7 Å². The number of hydrogen-bond donors (Lipinski definition) is 0. The Morgan fingerprint density at radius 1 is 1.26 bits per heavy atom. The van der Waals surface area contributed by atoms with Crippen molar-refractivity contribution in [2.75, 3.05) is 0 Å². The van der Waals surface area contributed by atoms with Crippen molar-refractivity contribution >= 4 is 33.8 Å². The number of carbonyl (C=O) groups is 3. The normalized spacial score (nSPS) is 11.4. The van der Waals surface area contributed by atoms with E-state index in [0.717, 1.165) is 4.47 Å². The van der Waals surface area contributed by atoms with Crippen molar-refractivity contribution in [1.29, 1.82) is 0 Å². The lowest BCUT2D eigenvalue weighted by molar-refractivity contribution is -0.172. The van der Waals surface area contributed by atoms with Gasteiger partial charge < -0.3 is 9.47 Å². The molecular weight excluding hydrogens is 364 g/mol. The van der Waals surface area contributed by atoms with Crippen molar-refractivity contribution in [3.8, 4) is 0 Å². The van der Waals surface area contributed by atoms with Crippen molar-refractivity contribution in [3.63, 3.8) is 0 Å². The lowest BCUT2D eigenvalue weighted by atomic mass is 10.1. The molecule has 0 saturated heterocycles. The summed E-state index contributed by atoms with van der Waals surface area (Å²) in [4.78, 5) is 35.4. The first-order valence-electron chi connectivity index (χ1n) is 7.19. The van der Waals surface area contributed by atoms with Gasteiger partial charge in [-0.3, -0.25) is 4.79 Å². The highest BCUT2D eigenvalue weighted by Gasteiger charge is 2.26. The monoisotopic (exact) mass is 382 g/mol. The van der Waals surface area contributed by atoms with Crippen LogP contribution >= 0.6 is 15.9 Å². The Labute approximate surface area is 143 Å². The Balaban J connectivity index is 2.66. The molecule has 0 aliphatic heterocycles. The molecule has 1 unspecified atom stereocenters. The molecule has 0 radical (unpaired) electrons. The third-order valence-corrected chi connectivity index (χ3v) is 3.69. The molecule has 23 heavy (non-hydrogen) atoms. The molecule has 0 N–H and O–H groups in total. The van der Waals surface area contributed by atoms with Crippen LogP contribution in [0.2, 0.25) is 0 Å². The molecule has 0 amide bonds. The summed E-state index contributed by atoms with van der Waals surface area (Å²) in [5.74, 6) is -2.24. The average Bonchev–Trinajstić information content (AvgIpc) is 2.48. The van der Waals surface area contributed by atoms with Crippen LogP contribution in [0.15, 0.2) is 40.9 Å². The van der Waals surface area contributed by atoms with Gasteiger partial charge in [-0.15, -0.1) is 0 Å². The zero-order valence-electron chi connectivity index (χ0n) is 13.1. The molecule has 0 bridgehead atoms. The molecule has 0 fully saturated rings. The third kappa shape index (κ3) is 6.36. The molecule has 1 atom stereocenters. The minimum absolute atomic E-state index is 0.0551. The highest BCUT2D eigenvalue weighted by atomic mass is 79.9. The minimum atomic E-state index is -1.10. The number of ether oxygens (including phenoxy) is 2. The number of benzene rings is 1. The summed E-state index contributed by atoms with van der Waals surface area (Å²) in [6.07, 6.45) is -0.283. The molecule has 0 heterocycles. The largest absolute Gasteiger partial charge is 0.447 e. The van der Waals surface area contributed by atoms with Crippen molar-refractivity contribution in [3.05, 3.63) is 46.5 Å². The van der Waals surface area contributed by atoms with Gasteiger partial charge in [0.15, 0.2) is 6.10 Å². The van der Waals surface area contributed by atoms with Crippen LogP contribution in [0, 0.1) is 0 Å². The van der Waals surface area contributed by atoms with Crippen LogP contribution in [-0.2, 0) is 30.3 Å². The fourth-order valence-electron chi connectivity index (χ4n) is 1.73. The molecule has 124 valence electrons. The van der Waals surface area contributed by atoms with Crippen LogP contribution in [0.4, 0.5) is 0 Å². The average molecular weight is 383 g/mol. The summed E-state index contributed by atoms with van der Waals surface area (Å²) in [6.45, 7) is 6.77. The number of hydrogen-bond acceptors (Lipinski definition) is 5. The molecule has 0 spiro atoms. The van der Waals surface area contributed by atoms with Crippen LogP contribution in [0.3, 0.4) is 0 Å². The predicted octanol–water partition coefficient (Wildman–Crippen LogP) is 3.35. The van der Waals surface area contributed by atoms with Gasteiger partial charge in [-0.2, -0.15) is 0 Å². The molecule has 1 aromatic rings. The first-order valence-corrected chi connectivity index (χ1v) is 7.98. The van der Waals surface area contributed by atoms with E-state index in [-0.39, 0.29) is 18.4 Å². The molecule has 0 saturated carbocycles. The van der Waals surface area contributed by atoms with Crippen LogP contribution in [0.25, 0.3) is 0 Å². The highest BCUT2D eigenvalue weighted by Crippen LogP contribution is 2.17. The minimum Gasteiger partial charge on any atom is -0.447 e. The van der Waals surface area contributed by atoms with E-state index in [4.69, 9.17) is 9.47 Å². The Hall–Kier alpha value is -1.95. The Morgan fingerprint density at radius 2 is 1.91 bits per heavy atom. The Bertz CT molecular complexity index is 609. The zero-order chi connectivity index (χ0) is 17.4. The smallest absolute Gasteiger partial charge is 0.355 e. The quantitative estimate of drug-likeness (QED) is 0.410. The van der Waals surface area contributed by atoms with E-state index in [0.29, 0.717) is 12.0 Å². The van der Waals surface area contributed by atoms with Crippen LogP contribution < -0.4 is 0 Å². The SMILES string of the molecule is C=C(C)C(=O)OC(CCC)C(=O)OC(=O)Cc1ccccc1Br. The molecule has 5 nitrogen and oxygen atoms in total. The second-order valence-electron chi connectivity index (χ2n) is 5.02. The van der Waals surface area contributed by atoms with Gasteiger partial charge >= 0.3 is 17.9 Å². The number of halogens is 1. The maximum Gasteiger partial charge on any atom is 0.355 e. The zero-order valence-corrected chi connectivity index (χ0v) is 14.7. The highest BCUT2D eigenvalue weighted by molar-refractivity contribution is 9.10. The summed E-state index contributed by atoms with van der Waals surface area (Å²) < 4.78 is 10.6. The summed E-state index contributed by atoms with van der Waals surface area (Å²) in [5.41, 5.74) is 0.884. The second-order valence-corrected chi connectivity index (χ2v) is 5.88. The van der Waals surface area contributed by atoms with Crippen molar-refractivity contribution in [1.82, 2.24) is 0 Å². The van der Waals surface area contributed by atoms with Crippen LogP contribution in [0.5, 0.6) is 0 Å². The lowest BCUT2D eigenvalue weighted by Gasteiger charge is -2.15. The van der Waals surface area contributed by atoms with E-state index in [9.17, 15) is 14.4 Å². The van der Waals surface area contributed by atoms with E-state index < -0.39 is 24.0 Å². The van der Waals surface area contributed by atoms with Crippen molar-refractivity contribution in [2.24, 2.45) is 0 Å². The fraction of sp³-hybridized carbons (Fsp3) is 0.353. The maximum atomic E-state index is 12.0. The Morgan fingerprint density at radius 3 is 2.48 bits per heavy atom. The number of rotatable bonds is 7. The number of carbonyl (C=O) groups excluding carboxylic acids is 3. The van der Waals surface area contributed by atoms with Crippen LogP contribution in [-0.4, -0.2) is 24.0 Å². The molecule has 0 aromatic heterocycles. The van der Waals surface area contributed by atoms with E-state index >= 15 is 0 Å². The fourth-order valence-corrected chi connectivity index (χ4v) is 2.15. The molecule has 0 aliphatic rings. The molecule has 0 aliphatic carbocycles. The van der Waals surface area contributed by atoms with Gasteiger partial charge in [-0.1, -0.05) is 54.1 Å². The van der Waals surface area contributed by atoms with Gasteiger partial charge in [0, 0.05) is 10.0 Å². The van der Waals surface area contributed by atoms with Gasteiger partial charge in [-0.05, 0) is 25.0 Å². The molecule has 1 aromatic carbocycles.